The zero-order valence-corrected chi connectivity index (χ0v) is 17.9. The van der Waals surface area contributed by atoms with Crippen LogP contribution in [0.1, 0.15) is 21.5 Å². The van der Waals surface area contributed by atoms with Gasteiger partial charge in [0.25, 0.3) is 5.91 Å². The second kappa shape index (κ2) is 9.31. The smallest absolute Gasteiger partial charge is 0.252 e. The van der Waals surface area contributed by atoms with Crippen molar-refractivity contribution in [1.29, 1.82) is 0 Å². The number of aromatic nitrogens is 1. The highest BCUT2D eigenvalue weighted by Gasteiger charge is 2.13. The molecule has 0 spiro atoms. The Morgan fingerprint density at radius 3 is 2.53 bits per heavy atom. The van der Waals surface area contributed by atoms with E-state index in [-0.39, 0.29) is 18.4 Å². The molecule has 6 heteroatoms. The molecule has 0 saturated heterocycles. The van der Waals surface area contributed by atoms with Crippen molar-refractivity contribution in [2.45, 2.75) is 13.8 Å². The summed E-state index contributed by atoms with van der Waals surface area (Å²) >= 11 is 0. The normalized spacial score (nSPS) is 10.6. The monoisotopic (exact) mass is 425 g/mol. The highest BCUT2D eigenvalue weighted by Crippen LogP contribution is 2.30. The molecule has 0 bridgehead atoms. The maximum Gasteiger partial charge on any atom is 0.252 e. The van der Waals surface area contributed by atoms with Crippen LogP contribution < -0.4 is 15.4 Å². The lowest BCUT2D eigenvalue weighted by Gasteiger charge is -2.13. The summed E-state index contributed by atoms with van der Waals surface area (Å²) in [6.07, 6.45) is 3.32. The van der Waals surface area contributed by atoms with Gasteiger partial charge in [-0.15, -0.1) is 0 Å². The first-order valence-corrected chi connectivity index (χ1v) is 10.3. The van der Waals surface area contributed by atoms with E-state index >= 15 is 0 Å². The lowest BCUT2D eigenvalue weighted by atomic mass is 10.1. The molecule has 0 fully saturated rings. The number of fused-ring (bicyclic) bond motifs is 1. The second-order valence-corrected chi connectivity index (χ2v) is 7.55. The highest BCUT2D eigenvalue weighted by molar-refractivity contribution is 6.08. The number of nitrogens with one attached hydrogen (secondary N) is 2. The van der Waals surface area contributed by atoms with Crippen molar-refractivity contribution in [2.24, 2.45) is 0 Å². The SMILES string of the molecule is Cc1cc(C)cc(Oc2ccccc2NC(=O)CNC(=O)c2cccc3ccncc23)c1. The molecule has 3 aromatic carbocycles. The zero-order valence-electron chi connectivity index (χ0n) is 17.9. The third-order valence-corrected chi connectivity index (χ3v) is 4.92. The molecule has 0 aliphatic rings. The number of benzene rings is 3. The average molecular weight is 425 g/mol. The Kier molecular flexibility index (Phi) is 6.12. The van der Waals surface area contributed by atoms with E-state index in [1.807, 2.05) is 50.2 Å². The van der Waals surface area contributed by atoms with Crippen LogP contribution in [-0.4, -0.2) is 23.3 Å². The van der Waals surface area contributed by atoms with Crippen LogP contribution in [0.5, 0.6) is 11.5 Å². The van der Waals surface area contributed by atoms with Gasteiger partial charge < -0.3 is 15.4 Å². The lowest BCUT2D eigenvalue weighted by Crippen LogP contribution is -2.33. The van der Waals surface area contributed by atoms with Crippen molar-refractivity contribution in [2.75, 3.05) is 11.9 Å². The summed E-state index contributed by atoms with van der Waals surface area (Å²) in [6.45, 7) is 3.83. The quantitative estimate of drug-likeness (QED) is 0.455. The first kappa shape index (κ1) is 21.1. The number of anilines is 1. The number of rotatable bonds is 6. The number of hydrogen-bond donors (Lipinski definition) is 2. The van der Waals surface area contributed by atoms with E-state index in [1.165, 1.54) is 0 Å². The number of ether oxygens (including phenoxy) is 1. The fourth-order valence-corrected chi connectivity index (χ4v) is 3.54. The van der Waals surface area contributed by atoms with E-state index in [9.17, 15) is 9.59 Å². The standard InChI is InChI=1S/C26H23N3O3/c1-17-12-18(2)14-20(13-17)32-24-9-4-3-8-23(24)29-25(30)16-28-26(31)21-7-5-6-19-10-11-27-15-22(19)21/h3-15H,16H2,1-2H3,(H,28,31)(H,29,30). The van der Waals surface area contributed by atoms with E-state index in [0.29, 0.717) is 22.7 Å². The van der Waals surface area contributed by atoms with Crippen molar-refractivity contribution in [1.82, 2.24) is 10.3 Å². The minimum Gasteiger partial charge on any atom is -0.455 e. The summed E-state index contributed by atoms with van der Waals surface area (Å²) in [4.78, 5) is 29.3. The van der Waals surface area contributed by atoms with Crippen LogP contribution >= 0.6 is 0 Å². The summed E-state index contributed by atoms with van der Waals surface area (Å²) in [5.74, 6) is 0.533. The third kappa shape index (κ3) is 4.92. The molecule has 0 aliphatic heterocycles. The van der Waals surface area contributed by atoms with Crippen LogP contribution in [0.4, 0.5) is 5.69 Å². The van der Waals surface area contributed by atoms with E-state index in [4.69, 9.17) is 4.74 Å². The van der Waals surface area contributed by atoms with Crippen LogP contribution in [0, 0.1) is 13.8 Å². The van der Waals surface area contributed by atoms with Gasteiger partial charge in [0, 0.05) is 23.3 Å². The van der Waals surface area contributed by atoms with Gasteiger partial charge in [0.1, 0.15) is 5.75 Å². The number of aryl methyl sites for hydroxylation is 2. The molecule has 4 rings (SSSR count). The van der Waals surface area contributed by atoms with Gasteiger partial charge in [-0.25, -0.2) is 0 Å². The van der Waals surface area contributed by atoms with Gasteiger partial charge in [-0.1, -0.05) is 30.3 Å². The summed E-state index contributed by atoms with van der Waals surface area (Å²) in [7, 11) is 0. The number of nitrogens with zero attached hydrogens (tertiary/aromatic N) is 1. The molecular formula is C26H23N3O3. The Morgan fingerprint density at radius 1 is 0.938 bits per heavy atom. The molecule has 0 radical (unpaired) electrons. The van der Waals surface area contributed by atoms with Gasteiger partial charge >= 0.3 is 0 Å². The average Bonchev–Trinajstić information content (AvgIpc) is 2.78. The molecule has 6 nitrogen and oxygen atoms in total. The number of para-hydroxylation sites is 2. The minimum atomic E-state index is -0.354. The Balaban J connectivity index is 1.43. The Hall–Kier alpha value is -4.19. The van der Waals surface area contributed by atoms with Gasteiger partial charge in [-0.05, 0) is 66.8 Å². The molecule has 0 saturated carbocycles. The molecule has 1 heterocycles. The number of hydrogen-bond acceptors (Lipinski definition) is 4. The Morgan fingerprint density at radius 2 is 1.72 bits per heavy atom. The van der Waals surface area contributed by atoms with Crippen molar-refractivity contribution >= 4 is 28.3 Å². The number of carbonyl (C=O) groups excluding carboxylic acids is 2. The van der Waals surface area contributed by atoms with Crippen LogP contribution in [0.3, 0.4) is 0 Å². The molecule has 32 heavy (non-hydrogen) atoms. The Bertz CT molecular complexity index is 1270. The fraction of sp³-hybridized carbons (Fsp3) is 0.115. The van der Waals surface area contributed by atoms with Gasteiger partial charge in [-0.3, -0.25) is 14.6 Å². The molecule has 2 amide bonds. The molecule has 4 aromatic rings. The first-order chi connectivity index (χ1) is 15.5. The van der Waals surface area contributed by atoms with Crippen LogP contribution in [0.2, 0.25) is 0 Å². The lowest BCUT2D eigenvalue weighted by molar-refractivity contribution is -0.115. The van der Waals surface area contributed by atoms with Crippen molar-refractivity contribution in [3.8, 4) is 11.5 Å². The third-order valence-electron chi connectivity index (χ3n) is 4.92. The molecule has 160 valence electrons. The number of carbonyl (C=O) groups is 2. The first-order valence-electron chi connectivity index (χ1n) is 10.3. The van der Waals surface area contributed by atoms with E-state index in [1.54, 1.807) is 36.7 Å². The summed E-state index contributed by atoms with van der Waals surface area (Å²) in [5, 5.41) is 7.14. The fourth-order valence-electron chi connectivity index (χ4n) is 3.54. The minimum absolute atomic E-state index is 0.173. The summed E-state index contributed by atoms with van der Waals surface area (Å²) < 4.78 is 6.01. The van der Waals surface area contributed by atoms with Crippen molar-refractivity contribution in [3.05, 3.63) is 95.8 Å². The van der Waals surface area contributed by atoms with E-state index in [2.05, 4.69) is 21.7 Å². The van der Waals surface area contributed by atoms with E-state index < -0.39 is 0 Å². The van der Waals surface area contributed by atoms with Gasteiger partial charge in [-0.2, -0.15) is 0 Å². The second-order valence-electron chi connectivity index (χ2n) is 7.55. The largest absolute Gasteiger partial charge is 0.455 e. The zero-order chi connectivity index (χ0) is 22.5. The maximum absolute atomic E-state index is 12.6. The van der Waals surface area contributed by atoms with Crippen LogP contribution in [-0.2, 0) is 4.79 Å². The maximum atomic E-state index is 12.6. The number of amides is 2. The van der Waals surface area contributed by atoms with Gasteiger partial charge in [0.05, 0.1) is 12.2 Å². The van der Waals surface area contributed by atoms with Crippen LogP contribution in [0.15, 0.2) is 79.1 Å². The number of pyridine rings is 1. The van der Waals surface area contributed by atoms with Crippen molar-refractivity contribution < 1.29 is 14.3 Å². The summed E-state index contributed by atoms with van der Waals surface area (Å²) in [6, 6.07) is 20.4. The Labute approximate surface area is 186 Å². The van der Waals surface area contributed by atoms with E-state index in [0.717, 1.165) is 21.9 Å². The molecule has 1 aromatic heterocycles. The van der Waals surface area contributed by atoms with Gasteiger partial charge in [0.15, 0.2) is 5.75 Å². The molecule has 2 N–H and O–H groups in total. The van der Waals surface area contributed by atoms with Gasteiger partial charge in [0.2, 0.25) is 5.91 Å². The summed E-state index contributed by atoms with van der Waals surface area (Å²) in [5.41, 5.74) is 3.18. The molecule has 0 atom stereocenters. The molecule has 0 unspecified atom stereocenters. The molecular weight excluding hydrogens is 402 g/mol. The molecule has 0 aliphatic carbocycles. The topological polar surface area (TPSA) is 80.3 Å². The predicted octanol–water partition coefficient (Wildman–Crippen LogP) is 5.01. The van der Waals surface area contributed by atoms with Crippen molar-refractivity contribution in [3.63, 3.8) is 0 Å². The van der Waals surface area contributed by atoms with Crippen LogP contribution in [0.25, 0.3) is 10.8 Å². The highest BCUT2D eigenvalue weighted by atomic mass is 16.5. The predicted molar refractivity (Wildman–Crippen MR) is 125 cm³/mol.